The van der Waals surface area contributed by atoms with Crippen LogP contribution in [0.25, 0.3) is 0 Å². The van der Waals surface area contributed by atoms with Crippen molar-refractivity contribution in [2.75, 3.05) is 25.6 Å². The monoisotopic (exact) mass is 368 g/mol. The molecule has 6 nitrogen and oxygen atoms in total. The molecule has 0 radical (unpaired) electrons. The van der Waals surface area contributed by atoms with Gasteiger partial charge in [0.2, 0.25) is 0 Å². The van der Waals surface area contributed by atoms with Crippen LogP contribution < -0.4 is 5.32 Å². The zero-order valence-corrected chi connectivity index (χ0v) is 15.6. The van der Waals surface area contributed by atoms with Crippen LogP contribution >= 0.6 is 0 Å². The summed E-state index contributed by atoms with van der Waals surface area (Å²) in [7, 11) is 1.43. The standard InChI is InChI=1S/C21H24N2O4/c1-3-12-10-23-16-8-14(12)19(11-24,18(25)26-2)20-9-17(23)27-21(16,20)22-15-7-5-4-6-13(15)20/h3-7,14,16-17,22,24H,8-11H2,1-2H3/b12-3-/t14-,16-,17-,19-,20-,21-/m0/s1. The van der Waals surface area contributed by atoms with E-state index in [0.29, 0.717) is 6.42 Å². The molecule has 0 aromatic heterocycles. The van der Waals surface area contributed by atoms with Crippen molar-refractivity contribution in [2.24, 2.45) is 11.3 Å². The number of aliphatic hydroxyl groups is 1. The average molecular weight is 368 g/mol. The second-order valence-electron chi connectivity index (χ2n) is 8.55. The Balaban J connectivity index is 1.73. The third-order valence-corrected chi connectivity index (χ3v) is 8.18. The number of piperidine rings is 2. The number of carbonyl (C=O) groups is 1. The topological polar surface area (TPSA) is 71.0 Å². The molecule has 6 rings (SSSR count). The van der Waals surface area contributed by atoms with E-state index in [-0.39, 0.29) is 30.8 Å². The largest absolute Gasteiger partial charge is 0.468 e. The summed E-state index contributed by atoms with van der Waals surface area (Å²) in [5.74, 6) is -0.375. The van der Waals surface area contributed by atoms with Crippen LogP contribution in [0.2, 0.25) is 0 Å². The number of anilines is 1. The molecule has 1 saturated carbocycles. The van der Waals surface area contributed by atoms with Crippen molar-refractivity contribution in [3.8, 4) is 0 Å². The third kappa shape index (κ3) is 1.36. The molecule has 1 aromatic carbocycles. The van der Waals surface area contributed by atoms with E-state index in [1.54, 1.807) is 0 Å². The fraction of sp³-hybridized carbons (Fsp3) is 0.571. The number of esters is 1. The van der Waals surface area contributed by atoms with Gasteiger partial charge in [0.15, 0.2) is 5.72 Å². The summed E-state index contributed by atoms with van der Waals surface area (Å²) < 4.78 is 12.0. The maximum Gasteiger partial charge on any atom is 0.315 e. The minimum Gasteiger partial charge on any atom is -0.468 e. The zero-order valence-electron chi connectivity index (χ0n) is 15.6. The van der Waals surface area contributed by atoms with Gasteiger partial charge < -0.3 is 19.9 Å². The molecule has 1 spiro atoms. The lowest BCUT2D eigenvalue weighted by Crippen LogP contribution is -2.78. The van der Waals surface area contributed by atoms with Crippen LogP contribution in [0.1, 0.15) is 25.3 Å². The van der Waals surface area contributed by atoms with Crippen molar-refractivity contribution < 1.29 is 19.4 Å². The van der Waals surface area contributed by atoms with Crippen LogP contribution in [0.15, 0.2) is 35.9 Å². The molecule has 4 aliphatic heterocycles. The second kappa shape index (κ2) is 4.74. The van der Waals surface area contributed by atoms with Crippen LogP contribution in [0.5, 0.6) is 0 Å². The van der Waals surface area contributed by atoms with Gasteiger partial charge in [-0.05, 0) is 25.0 Å². The summed E-state index contributed by atoms with van der Waals surface area (Å²) >= 11 is 0. The summed E-state index contributed by atoms with van der Waals surface area (Å²) in [6.07, 6.45) is 3.54. The highest BCUT2D eigenvalue weighted by molar-refractivity contribution is 5.85. The number of aliphatic hydroxyl groups excluding tert-OH is 1. The number of ether oxygens (including phenoxy) is 2. The average Bonchev–Trinajstić information content (AvgIpc) is 3.30. The maximum atomic E-state index is 13.5. The highest BCUT2D eigenvalue weighted by atomic mass is 16.6. The van der Waals surface area contributed by atoms with Gasteiger partial charge in [0.1, 0.15) is 11.6 Å². The molecule has 1 aromatic rings. The van der Waals surface area contributed by atoms with E-state index in [1.165, 1.54) is 12.7 Å². The van der Waals surface area contributed by atoms with Gasteiger partial charge in [-0.3, -0.25) is 9.69 Å². The molecule has 1 aliphatic carbocycles. The van der Waals surface area contributed by atoms with E-state index in [2.05, 4.69) is 28.4 Å². The van der Waals surface area contributed by atoms with E-state index in [0.717, 1.165) is 24.2 Å². The van der Waals surface area contributed by atoms with Gasteiger partial charge in [0.05, 0.1) is 25.2 Å². The lowest BCUT2D eigenvalue weighted by atomic mass is 9.42. The second-order valence-corrected chi connectivity index (χ2v) is 8.55. The Hall–Kier alpha value is -1.89. The van der Waals surface area contributed by atoms with E-state index < -0.39 is 16.6 Å². The van der Waals surface area contributed by atoms with E-state index in [9.17, 15) is 9.90 Å². The van der Waals surface area contributed by atoms with Gasteiger partial charge >= 0.3 is 5.97 Å². The fourth-order valence-electron chi connectivity index (χ4n) is 7.33. The molecular formula is C21H24N2O4. The van der Waals surface area contributed by atoms with Crippen molar-refractivity contribution in [3.63, 3.8) is 0 Å². The number of allylic oxidation sites excluding steroid dienone is 1. The number of para-hydroxylation sites is 1. The first kappa shape index (κ1) is 16.1. The minimum absolute atomic E-state index is 0.0510. The lowest BCUT2D eigenvalue weighted by Gasteiger charge is -2.64. The maximum absolute atomic E-state index is 13.5. The highest BCUT2D eigenvalue weighted by Crippen LogP contribution is 2.76. The number of hydrogen-bond donors (Lipinski definition) is 2. The number of methoxy groups -OCH3 is 1. The van der Waals surface area contributed by atoms with Crippen molar-refractivity contribution >= 4 is 11.7 Å². The van der Waals surface area contributed by atoms with Crippen LogP contribution in [0.4, 0.5) is 5.69 Å². The summed E-state index contributed by atoms with van der Waals surface area (Å²) in [6.45, 7) is 2.56. The summed E-state index contributed by atoms with van der Waals surface area (Å²) in [5.41, 5.74) is 0.919. The first-order valence-electron chi connectivity index (χ1n) is 9.75. The Kier molecular flexibility index (Phi) is 2.83. The van der Waals surface area contributed by atoms with Crippen molar-refractivity contribution in [3.05, 3.63) is 41.5 Å². The quantitative estimate of drug-likeness (QED) is 0.611. The molecule has 5 aliphatic rings. The van der Waals surface area contributed by atoms with Crippen LogP contribution in [-0.2, 0) is 19.7 Å². The molecule has 6 atom stereocenters. The van der Waals surface area contributed by atoms with Crippen LogP contribution in [-0.4, -0.2) is 54.2 Å². The van der Waals surface area contributed by atoms with Crippen LogP contribution in [0.3, 0.4) is 0 Å². The van der Waals surface area contributed by atoms with Crippen molar-refractivity contribution in [1.29, 1.82) is 0 Å². The number of benzene rings is 1. The predicted octanol–water partition coefficient (Wildman–Crippen LogP) is 1.61. The molecule has 0 amide bonds. The van der Waals surface area contributed by atoms with Crippen molar-refractivity contribution in [1.82, 2.24) is 4.90 Å². The Morgan fingerprint density at radius 3 is 3.04 bits per heavy atom. The summed E-state index contributed by atoms with van der Waals surface area (Å²) in [4.78, 5) is 15.9. The van der Waals surface area contributed by atoms with Gasteiger partial charge in [-0.25, -0.2) is 0 Å². The number of fused-ring (bicyclic) bond motifs is 4. The zero-order chi connectivity index (χ0) is 18.6. The molecule has 4 heterocycles. The Morgan fingerprint density at radius 2 is 2.30 bits per heavy atom. The van der Waals surface area contributed by atoms with Gasteiger partial charge in [0, 0.05) is 24.6 Å². The first-order chi connectivity index (χ1) is 13.1. The van der Waals surface area contributed by atoms with E-state index in [4.69, 9.17) is 9.47 Å². The molecule has 4 bridgehead atoms. The molecule has 0 unspecified atom stereocenters. The van der Waals surface area contributed by atoms with Crippen LogP contribution in [0, 0.1) is 11.3 Å². The summed E-state index contributed by atoms with van der Waals surface area (Å²) in [6, 6.07) is 8.34. The normalized spacial score (nSPS) is 47.1. The third-order valence-electron chi connectivity index (χ3n) is 8.18. The van der Waals surface area contributed by atoms with E-state index >= 15 is 0 Å². The lowest BCUT2D eigenvalue weighted by molar-refractivity contribution is -0.191. The molecule has 27 heavy (non-hydrogen) atoms. The van der Waals surface area contributed by atoms with E-state index in [1.807, 2.05) is 19.1 Å². The van der Waals surface area contributed by atoms with Gasteiger partial charge in [-0.1, -0.05) is 29.8 Å². The number of hydrogen-bond acceptors (Lipinski definition) is 6. The summed E-state index contributed by atoms with van der Waals surface area (Å²) in [5, 5.41) is 14.5. The molecular weight excluding hydrogens is 344 g/mol. The number of rotatable bonds is 2. The minimum atomic E-state index is -1.05. The molecule has 6 heteroatoms. The molecule has 2 N–H and O–H groups in total. The Labute approximate surface area is 158 Å². The van der Waals surface area contributed by atoms with Gasteiger partial charge in [-0.2, -0.15) is 0 Å². The number of nitrogens with one attached hydrogen (secondary N) is 1. The first-order valence-corrected chi connectivity index (χ1v) is 9.75. The SMILES string of the molecule is C/C=C1/CN2[C@@H]3C[C@@]45c6ccccc6N[C@]4(O3)[C@@H]2C[C@@H]1[C@@]5(CO)C(=O)OC. The highest BCUT2D eigenvalue weighted by Gasteiger charge is 2.87. The number of nitrogens with zero attached hydrogens (tertiary/aromatic N) is 1. The van der Waals surface area contributed by atoms with Crippen molar-refractivity contribution in [2.45, 2.75) is 43.2 Å². The van der Waals surface area contributed by atoms with Gasteiger partial charge in [0.25, 0.3) is 0 Å². The number of carbonyl (C=O) groups excluding carboxylic acids is 1. The Morgan fingerprint density at radius 1 is 1.48 bits per heavy atom. The van der Waals surface area contributed by atoms with Gasteiger partial charge in [-0.15, -0.1) is 0 Å². The Bertz CT molecular complexity index is 900. The fourth-order valence-corrected chi connectivity index (χ4v) is 7.33. The molecule has 142 valence electrons. The molecule has 3 saturated heterocycles. The molecule has 4 fully saturated rings. The predicted molar refractivity (Wildman–Crippen MR) is 97.9 cm³/mol. The smallest absolute Gasteiger partial charge is 0.315 e.